The molecule has 0 spiro atoms. The Bertz CT molecular complexity index is 511. The second kappa shape index (κ2) is 6.53. The summed E-state index contributed by atoms with van der Waals surface area (Å²) in [6, 6.07) is 3.94. The fraction of sp³-hybridized carbons (Fsp3) is 0.308. The summed E-state index contributed by atoms with van der Waals surface area (Å²) in [6.07, 6.45) is 0. The van der Waals surface area contributed by atoms with Gasteiger partial charge in [0.2, 0.25) is 0 Å². The van der Waals surface area contributed by atoms with Crippen molar-refractivity contribution in [2.24, 2.45) is 0 Å². The highest BCUT2D eigenvalue weighted by atomic mass is 16.4. The zero-order valence-electron chi connectivity index (χ0n) is 10.8. The van der Waals surface area contributed by atoms with Crippen LogP contribution in [0.1, 0.15) is 44.9 Å². The summed E-state index contributed by atoms with van der Waals surface area (Å²) in [5, 5.41) is 14.1. The van der Waals surface area contributed by atoms with Crippen LogP contribution in [0.4, 0.5) is 0 Å². The molecule has 0 radical (unpaired) electrons. The molecule has 0 aromatic heterocycles. The number of amides is 2. The topological polar surface area (TPSA) is 95.5 Å². The molecule has 6 heteroatoms. The van der Waals surface area contributed by atoms with Crippen LogP contribution in [0.25, 0.3) is 0 Å². The molecular weight excluding hydrogens is 248 g/mol. The van der Waals surface area contributed by atoms with E-state index in [9.17, 15) is 14.4 Å². The highest BCUT2D eigenvalue weighted by Gasteiger charge is 2.18. The van der Waals surface area contributed by atoms with Gasteiger partial charge in [-0.3, -0.25) is 9.59 Å². The van der Waals surface area contributed by atoms with E-state index >= 15 is 0 Å². The zero-order valence-corrected chi connectivity index (χ0v) is 10.8. The summed E-state index contributed by atoms with van der Waals surface area (Å²) in [5.41, 5.74) is 0.116. The Morgan fingerprint density at radius 1 is 1.00 bits per heavy atom. The average molecular weight is 264 g/mol. The van der Waals surface area contributed by atoms with Crippen LogP contribution in [-0.4, -0.2) is 36.0 Å². The summed E-state index contributed by atoms with van der Waals surface area (Å²) in [6.45, 7) is 4.33. The lowest BCUT2D eigenvalue weighted by Crippen LogP contribution is -2.27. The Hall–Kier alpha value is -2.37. The lowest BCUT2D eigenvalue weighted by Gasteiger charge is -2.09. The highest BCUT2D eigenvalue weighted by Crippen LogP contribution is 2.13. The molecule has 0 aliphatic rings. The quantitative estimate of drug-likeness (QED) is 0.735. The second-order valence-electron chi connectivity index (χ2n) is 3.78. The van der Waals surface area contributed by atoms with E-state index in [1.807, 2.05) is 0 Å². The van der Waals surface area contributed by atoms with E-state index in [4.69, 9.17) is 5.11 Å². The summed E-state index contributed by atoms with van der Waals surface area (Å²) < 4.78 is 0. The molecule has 0 fully saturated rings. The molecule has 0 heterocycles. The minimum Gasteiger partial charge on any atom is -0.478 e. The Morgan fingerprint density at radius 3 is 2.11 bits per heavy atom. The van der Waals surface area contributed by atoms with E-state index in [2.05, 4.69) is 10.6 Å². The zero-order chi connectivity index (χ0) is 14.4. The molecule has 0 aliphatic carbocycles. The van der Waals surface area contributed by atoms with Crippen molar-refractivity contribution in [1.82, 2.24) is 10.6 Å². The first-order valence-electron chi connectivity index (χ1n) is 5.95. The van der Waals surface area contributed by atoms with Gasteiger partial charge in [-0.1, -0.05) is 0 Å². The SMILES string of the molecule is CCNC(=O)c1ccc(C(=O)O)c(C(=O)NCC)c1. The molecule has 0 saturated heterocycles. The molecule has 0 aliphatic heterocycles. The molecule has 0 atom stereocenters. The number of carbonyl (C=O) groups excluding carboxylic acids is 2. The van der Waals surface area contributed by atoms with Crippen LogP contribution in [0.5, 0.6) is 0 Å². The van der Waals surface area contributed by atoms with E-state index in [1.165, 1.54) is 18.2 Å². The number of carbonyl (C=O) groups is 3. The summed E-state index contributed by atoms with van der Waals surface area (Å²) in [4.78, 5) is 34.5. The maximum Gasteiger partial charge on any atom is 0.336 e. The van der Waals surface area contributed by atoms with Crippen LogP contribution < -0.4 is 10.6 Å². The summed E-state index contributed by atoms with van der Waals surface area (Å²) in [5.74, 6) is -2.06. The van der Waals surface area contributed by atoms with Crippen molar-refractivity contribution in [1.29, 1.82) is 0 Å². The molecule has 2 amide bonds. The van der Waals surface area contributed by atoms with E-state index in [-0.39, 0.29) is 22.6 Å². The average Bonchev–Trinajstić information content (AvgIpc) is 2.38. The monoisotopic (exact) mass is 264 g/mol. The van der Waals surface area contributed by atoms with E-state index in [0.717, 1.165) is 0 Å². The Labute approximate surface area is 110 Å². The first-order valence-corrected chi connectivity index (χ1v) is 5.95. The number of aromatic carboxylic acids is 1. The van der Waals surface area contributed by atoms with Gasteiger partial charge in [-0.15, -0.1) is 0 Å². The van der Waals surface area contributed by atoms with Crippen molar-refractivity contribution >= 4 is 17.8 Å². The molecule has 0 saturated carbocycles. The van der Waals surface area contributed by atoms with Crippen LogP contribution >= 0.6 is 0 Å². The normalized spacial score (nSPS) is 9.79. The fourth-order valence-corrected chi connectivity index (χ4v) is 1.58. The predicted molar refractivity (Wildman–Crippen MR) is 69.4 cm³/mol. The minimum absolute atomic E-state index is 0.0156. The van der Waals surface area contributed by atoms with Gasteiger partial charge in [0.05, 0.1) is 11.1 Å². The van der Waals surface area contributed by atoms with Gasteiger partial charge in [0.15, 0.2) is 0 Å². The molecule has 1 aromatic rings. The van der Waals surface area contributed by atoms with Crippen LogP contribution in [0, 0.1) is 0 Å². The van der Waals surface area contributed by atoms with E-state index in [0.29, 0.717) is 13.1 Å². The number of carboxylic acid groups (broad SMARTS) is 1. The van der Waals surface area contributed by atoms with Crippen LogP contribution in [0.15, 0.2) is 18.2 Å². The maximum absolute atomic E-state index is 11.8. The van der Waals surface area contributed by atoms with Gasteiger partial charge in [0, 0.05) is 18.7 Å². The molecule has 6 nitrogen and oxygen atoms in total. The molecule has 1 aromatic carbocycles. The first kappa shape index (κ1) is 14.7. The smallest absolute Gasteiger partial charge is 0.336 e. The first-order chi connectivity index (χ1) is 9.01. The van der Waals surface area contributed by atoms with Crippen molar-refractivity contribution in [3.63, 3.8) is 0 Å². The third kappa shape index (κ3) is 3.54. The Kier molecular flexibility index (Phi) is 5.05. The lowest BCUT2D eigenvalue weighted by atomic mass is 10.0. The number of benzene rings is 1. The van der Waals surface area contributed by atoms with Gasteiger partial charge < -0.3 is 15.7 Å². The third-order valence-electron chi connectivity index (χ3n) is 2.43. The van der Waals surface area contributed by atoms with Gasteiger partial charge >= 0.3 is 5.97 Å². The molecule has 0 bridgehead atoms. The minimum atomic E-state index is -1.20. The van der Waals surface area contributed by atoms with Crippen LogP contribution in [-0.2, 0) is 0 Å². The Balaban J connectivity index is 3.22. The number of carboxylic acids is 1. The van der Waals surface area contributed by atoms with Gasteiger partial charge in [0.1, 0.15) is 0 Å². The van der Waals surface area contributed by atoms with E-state index < -0.39 is 11.9 Å². The maximum atomic E-state index is 11.8. The van der Waals surface area contributed by atoms with Gasteiger partial charge in [-0.2, -0.15) is 0 Å². The number of nitrogens with one attached hydrogen (secondary N) is 2. The van der Waals surface area contributed by atoms with E-state index in [1.54, 1.807) is 13.8 Å². The number of hydrogen-bond acceptors (Lipinski definition) is 3. The molecule has 102 valence electrons. The second-order valence-corrected chi connectivity index (χ2v) is 3.78. The van der Waals surface area contributed by atoms with Gasteiger partial charge in [0.25, 0.3) is 11.8 Å². The molecule has 19 heavy (non-hydrogen) atoms. The lowest BCUT2D eigenvalue weighted by molar-refractivity contribution is 0.0690. The van der Waals surface area contributed by atoms with Crippen LogP contribution in [0.3, 0.4) is 0 Å². The molecular formula is C13H16N2O4. The number of hydrogen-bond donors (Lipinski definition) is 3. The van der Waals surface area contributed by atoms with Crippen molar-refractivity contribution in [3.05, 3.63) is 34.9 Å². The van der Waals surface area contributed by atoms with Crippen LogP contribution in [0.2, 0.25) is 0 Å². The largest absolute Gasteiger partial charge is 0.478 e. The Morgan fingerprint density at radius 2 is 1.58 bits per heavy atom. The standard InChI is InChI=1S/C13H16N2O4/c1-3-14-11(16)8-5-6-9(13(18)19)10(7-8)12(17)15-4-2/h5-7H,3-4H2,1-2H3,(H,14,16)(H,15,17)(H,18,19). The van der Waals surface area contributed by atoms with Crippen molar-refractivity contribution < 1.29 is 19.5 Å². The van der Waals surface area contributed by atoms with Crippen molar-refractivity contribution in [2.45, 2.75) is 13.8 Å². The van der Waals surface area contributed by atoms with Crippen molar-refractivity contribution in [3.8, 4) is 0 Å². The summed E-state index contributed by atoms with van der Waals surface area (Å²) >= 11 is 0. The third-order valence-corrected chi connectivity index (χ3v) is 2.43. The molecule has 1 rings (SSSR count). The van der Waals surface area contributed by atoms with Gasteiger partial charge in [-0.25, -0.2) is 4.79 Å². The predicted octanol–water partition coefficient (Wildman–Crippen LogP) is 0.884. The molecule has 3 N–H and O–H groups in total. The van der Waals surface area contributed by atoms with Crippen molar-refractivity contribution in [2.75, 3.05) is 13.1 Å². The van der Waals surface area contributed by atoms with Gasteiger partial charge in [-0.05, 0) is 32.0 Å². The molecule has 0 unspecified atom stereocenters. The summed E-state index contributed by atoms with van der Waals surface area (Å²) in [7, 11) is 0. The highest BCUT2D eigenvalue weighted by molar-refractivity contribution is 6.07. The number of rotatable bonds is 5. The fourth-order valence-electron chi connectivity index (χ4n) is 1.58.